The Kier molecular flexibility index (Phi) is 8.85. The Hall–Kier alpha value is -1.51. The highest BCUT2D eigenvalue weighted by Gasteiger charge is 2.36. The van der Waals surface area contributed by atoms with Gasteiger partial charge < -0.3 is 20.7 Å². The van der Waals surface area contributed by atoms with Crippen molar-refractivity contribution in [2.24, 2.45) is 16.1 Å². The maximum Gasteiger partial charge on any atom is 0.409 e. The van der Waals surface area contributed by atoms with Crippen molar-refractivity contribution in [1.29, 1.82) is 0 Å². The van der Waals surface area contributed by atoms with Crippen LogP contribution in [0.5, 0.6) is 0 Å². The summed E-state index contributed by atoms with van der Waals surface area (Å²) >= 11 is 0. The molecule has 1 saturated carbocycles. The average molecular weight is 500 g/mol. The van der Waals surface area contributed by atoms with Crippen molar-refractivity contribution in [2.45, 2.75) is 51.5 Å². The molecule has 3 N–H and O–H groups in total. The molecular weight excluding hydrogens is 467 g/mol. The van der Waals surface area contributed by atoms with E-state index in [0.29, 0.717) is 25.7 Å². The summed E-state index contributed by atoms with van der Waals surface area (Å²) in [5.74, 6) is 0.531. The minimum absolute atomic E-state index is 0. The Morgan fingerprint density at radius 3 is 2.54 bits per heavy atom. The second-order valence-electron chi connectivity index (χ2n) is 7.82. The molecule has 2 fully saturated rings. The van der Waals surface area contributed by atoms with Gasteiger partial charge in [0.1, 0.15) is 0 Å². The molecule has 7 heteroatoms. The maximum absolute atomic E-state index is 11.8. The van der Waals surface area contributed by atoms with E-state index in [-0.39, 0.29) is 41.5 Å². The quantitative estimate of drug-likeness (QED) is 0.356. The van der Waals surface area contributed by atoms with Crippen molar-refractivity contribution in [3.63, 3.8) is 0 Å². The van der Waals surface area contributed by atoms with Crippen LogP contribution in [0.3, 0.4) is 0 Å². The van der Waals surface area contributed by atoms with Crippen molar-refractivity contribution in [1.82, 2.24) is 10.2 Å². The van der Waals surface area contributed by atoms with Crippen LogP contribution in [0.2, 0.25) is 0 Å². The Balaban J connectivity index is 0.00000280. The predicted octanol–water partition coefficient (Wildman–Crippen LogP) is 3.54. The fraction of sp³-hybridized carbons (Fsp3) is 0.619. The number of hydrogen-bond donors (Lipinski definition) is 2. The first kappa shape index (κ1) is 22.8. The van der Waals surface area contributed by atoms with Gasteiger partial charge in [-0.1, -0.05) is 36.8 Å². The first-order chi connectivity index (χ1) is 13.1. The van der Waals surface area contributed by atoms with Gasteiger partial charge in [-0.05, 0) is 50.0 Å². The van der Waals surface area contributed by atoms with Gasteiger partial charge in [-0.15, -0.1) is 24.0 Å². The van der Waals surface area contributed by atoms with Gasteiger partial charge in [0.2, 0.25) is 0 Å². The summed E-state index contributed by atoms with van der Waals surface area (Å²) < 4.78 is 5.06. The van der Waals surface area contributed by atoms with Crippen LogP contribution in [0, 0.1) is 5.41 Å². The highest BCUT2D eigenvalue weighted by Crippen LogP contribution is 2.44. The number of aliphatic imine (C=N–C) groups is 1. The fourth-order valence-corrected chi connectivity index (χ4v) is 4.03. The summed E-state index contributed by atoms with van der Waals surface area (Å²) in [6.07, 6.45) is 6.30. The minimum atomic E-state index is -0.217. The summed E-state index contributed by atoms with van der Waals surface area (Å²) in [4.78, 5) is 18.2. The van der Waals surface area contributed by atoms with Gasteiger partial charge in [0, 0.05) is 25.7 Å². The van der Waals surface area contributed by atoms with Gasteiger partial charge in [-0.25, -0.2) is 4.79 Å². The number of benzene rings is 1. The molecule has 1 amide bonds. The molecular formula is C21H33IN4O2. The Bertz CT molecular complexity index is 641. The monoisotopic (exact) mass is 500 g/mol. The van der Waals surface area contributed by atoms with E-state index in [0.717, 1.165) is 25.8 Å². The number of amides is 1. The molecule has 0 unspecified atom stereocenters. The highest BCUT2D eigenvalue weighted by molar-refractivity contribution is 14.0. The van der Waals surface area contributed by atoms with Crippen molar-refractivity contribution < 1.29 is 9.53 Å². The summed E-state index contributed by atoms with van der Waals surface area (Å²) in [6.45, 7) is 4.42. The molecule has 1 aromatic carbocycles. The van der Waals surface area contributed by atoms with Crippen molar-refractivity contribution >= 4 is 36.0 Å². The topological polar surface area (TPSA) is 80.0 Å². The van der Waals surface area contributed by atoms with Crippen LogP contribution in [-0.4, -0.2) is 49.2 Å². The van der Waals surface area contributed by atoms with Crippen molar-refractivity contribution in [3.05, 3.63) is 35.9 Å². The summed E-state index contributed by atoms with van der Waals surface area (Å²) in [5.41, 5.74) is 7.80. The summed E-state index contributed by atoms with van der Waals surface area (Å²) in [6, 6.07) is 10.9. The number of carbonyl (C=O) groups excluding carboxylic acids is 1. The molecule has 2 aliphatic rings. The zero-order valence-electron chi connectivity index (χ0n) is 16.7. The third-order valence-corrected chi connectivity index (χ3v) is 5.79. The molecule has 0 spiro atoms. The van der Waals surface area contributed by atoms with Gasteiger partial charge in [-0.3, -0.25) is 4.99 Å². The van der Waals surface area contributed by atoms with Crippen molar-refractivity contribution in [3.8, 4) is 0 Å². The molecule has 28 heavy (non-hydrogen) atoms. The number of halogens is 1. The largest absolute Gasteiger partial charge is 0.450 e. The molecule has 1 aromatic rings. The molecule has 3 rings (SSSR count). The van der Waals surface area contributed by atoms with E-state index in [1.165, 1.54) is 24.8 Å². The number of carbonyl (C=O) groups is 1. The lowest BCUT2D eigenvalue weighted by Crippen LogP contribution is -2.49. The lowest BCUT2D eigenvalue weighted by atomic mass is 9.65. The van der Waals surface area contributed by atoms with Gasteiger partial charge in [0.25, 0.3) is 0 Å². The van der Waals surface area contributed by atoms with E-state index >= 15 is 0 Å². The maximum atomic E-state index is 11.8. The predicted molar refractivity (Wildman–Crippen MR) is 123 cm³/mol. The van der Waals surface area contributed by atoms with Gasteiger partial charge >= 0.3 is 6.09 Å². The molecule has 0 aromatic heterocycles. The molecule has 6 nitrogen and oxygen atoms in total. The Morgan fingerprint density at radius 1 is 1.29 bits per heavy atom. The second-order valence-corrected chi connectivity index (χ2v) is 7.82. The number of piperidine rings is 1. The number of likely N-dealkylation sites (tertiary alicyclic amines) is 1. The van der Waals surface area contributed by atoms with Crippen LogP contribution in [0.4, 0.5) is 4.79 Å². The van der Waals surface area contributed by atoms with Crippen LogP contribution < -0.4 is 11.1 Å². The van der Waals surface area contributed by atoms with Gasteiger partial charge in [-0.2, -0.15) is 0 Å². The standard InChI is InChI=1S/C21H32N4O2.HI/c1-2-27-20(26)25-13-9-18(10-14-25)24-19(22)23-16-21(11-6-12-21)15-17-7-4-3-5-8-17;/h3-5,7-8,18H,2,6,9-16H2,1H3,(H3,22,23,24);1H. The third kappa shape index (κ3) is 6.25. The molecule has 156 valence electrons. The first-order valence-corrected chi connectivity index (χ1v) is 10.1. The van der Waals surface area contributed by atoms with Gasteiger partial charge in [0.05, 0.1) is 6.61 Å². The number of ether oxygens (including phenoxy) is 1. The number of nitrogens with one attached hydrogen (secondary N) is 1. The summed E-state index contributed by atoms with van der Waals surface area (Å²) in [7, 11) is 0. The average Bonchev–Trinajstić information content (AvgIpc) is 2.65. The molecule has 1 saturated heterocycles. The molecule has 1 heterocycles. The molecule has 1 aliphatic carbocycles. The van der Waals surface area contributed by atoms with Crippen LogP contribution in [0.1, 0.15) is 44.6 Å². The zero-order valence-corrected chi connectivity index (χ0v) is 19.1. The minimum Gasteiger partial charge on any atom is -0.450 e. The molecule has 1 aliphatic heterocycles. The van der Waals surface area contributed by atoms with Crippen molar-refractivity contribution in [2.75, 3.05) is 26.2 Å². The number of hydrogen-bond acceptors (Lipinski definition) is 3. The fourth-order valence-electron chi connectivity index (χ4n) is 4.03. The number of nitrogens with two attached hydrogens (primary N) is 1. The lowest BCUT2D eigenvalue weighted by Gasteiger charge is -2.41. The van der Waals surface area contributed by atoms with Gasteiger partial charge in [0.15, 0.2) is 5.96 Å². The number of guanidine groups is 1. The van der Waals surface area contributed by atoms with E-state index in [2.05, 4.69) is 40.6 Å². The molecule has 0 radical (unpaired) electrons. The third-order valence-electron chi connectivity index (χ3n) is 5.79. The zero-order chi connectivity index (χ0) is 19.1. The SMILES string of the molecule is CCOC(=O)N1CCC(NC(N)=NCC2(Cc3ccccc3)CCC2)CC1.I. The lowest BCUT2D eigenvalue weighted by molar-refractivity contribution is 0.0963. The van der Waals surface area contributed by atoms with Crippen LogP contribution in [0.15, 0.2) is 35.3 Å². The smallest absolute Gasteiger partial charge is 0.409 e. The summed E-state index contributed by atoms with van der Waals surface area (Å²) in [5, 5.41) is 3.34. The van der Waals surface area contributed by atoms with Crippen LogP contribution in [-0.2, 0) is 11.2 Å². The first-order valence-electron chi connectivity index (χ1n) is 10.1. The highest BCUT2D eigenvalue weighted by atomic mass is 127. The normalized spacial score (nSPS) is 19.3. The van der Waals surface area contributed by atoms with E-state index in [9.17, 15) is 4.79 Å². The molecule has 0 atom stereocenters. The van der Waals surface area contributed by atoms with E-state index < -0.39 is 0 Å². The van der Waals surface area contributed by atoms with E-state index in [1.54, 1.807) is 4.90 Å². The number of rotatable bonds is 6. The Morgan fingerprint density at radius 2 is 1.96 bits per heavy atom. The van der Waals surface area contributed by atoms with E-state index in [4.69, 9.17) is 10.5 Å². The van der Waals surface area contributed by atoms with E-state index in [1.807, 2.05) is 6.92 Å². The Labute approximate surface area is 185 Å². The second kappa shape index (κ2) is 10.9. The number of nitrogens with zero attached hydrogens (tertiary/aromatic N) is 2. The molecule has 0 bridgehead atoms. The van der Waals surface area contributed by atoms with Crippen LogP contribution in [0.25, 0.3) is 0 Å². The van der Waals surface area contributed by atoms with Crippen LogP contribution >= 0.6 is 24.0 Å².